The van der Waals surface area contributed by atoms with Gasteiger partial charge in [-0.05, 0) is 44.0 Å². The molecule has 0 aliphatic heterocycles. The second-order valence-electron chi connectivity index (χ2n) is 4.16. The Labute approximate surface area is 108 Å². The lowest BCUT2D eigenvalue weighted by Gasteiger charge is -2.07. The lowest BCUT2D eigenvalue weighted by atomic mass is 10.1. The molecule has 5 heteroatoms. The maximum absolute atomic E-state index is 9.41. The van der Waals surface area contributed by atoms with Crippen molar-refractivity contribution in [2.24, 2.45) is 0 Å². The molecule has 0 saturated heterocycles. The fourth-order valence-electron chi connectivity index (χ4n) is 1.65. The van der Waals surface area contributed by atoms with Crippen LogP contribution in [0.4, 0.5) is 0 Å². The van der Waals surface area contributed by atoms with Crippen molar-refractivity contribution in [3.63, 3.8) is 0 Å². The minimum Gasteiger partial charge on any atom is -0.387 e. The summed E-state index contributed by atoms with van der Waals surface area (Å²) in [7, 11) is 0. The van der Waals surface area contributed by atoms with Crippen molar-refractivity contribution in [3.05, 3.63) is 39.6 Å². The first-order chi connectivity index (χ1) is 7.99. The average molecular weight is 296 g/mol. The molecular formula is C12H14BrN3O. The van der Waals surface area contributed by atoms with Gasteiger partial charge in [0.15, 0.2) is 0 Å². The van der Waals surface area contributed by atoms with Crippen LogP contribution in [-0.2, 0) is 0 Å². The van der Waals surface area contributed by atoms with Gasteiger partial charge < -0.3 is 5.11 Å². The van der Waals surface area contributed by atoms with Crippen LogP contribution >= 0.6 is 15.9 Å². The Hall–Kier alpha value is -1.20. The Morgan fingerprint density at radius 1 is 1.29 bits per heavy atom. The monoisotopic (exact) mass is 295 g/mol. The van der Waals surface area contributed by atoms with Gasteiger partial charge in [-0.3, -0.25) is 0 Å². The van der Waals surface area contributed by atoms with Crippen molar-refractivity contribution < 1.29 is 5.11 Å². The molecule has 1 aromatic heterocycles. The summed E-state index contributed by atoms with van der Waals surface area (Å²) in [6.45, 7) is 5.74. The Morgan fingerprint density at radius 3 is 2.35 bits per heavy atom. The van der Waals surface area contributed by atoms with Crippen molar-refractivity contribution in [1.82, 2.24) is 15.0 Å². The maximum atomic E-state index is 9.41. The Balaban J connectivity index is 2.46. The van der Waals surface area contributed by atoms with E-state index >= 15 is 0 Å². The highest BCUT2D eigenvalue weighted by atomic mass is 79.9. The summed E-state index contributed by atoms with van der Waals surface area (Å²) in [4.78, 5) is 0. The number of halogens is 1. The summed E-state index contributed by atoms with van der Waals surface area (Å²) in [5.41, 5.74) is 3.81. The van der Waals surface area contributed by atoms with Crippen LogP contribution in [0.5, 0.6) is 0 Å². The highest BCUT2D eigenvalue weighted by molar-refractivity contribution is 9.10. The molecule has 90 valence electrons. The molecule has 1 unspecified atom stereocenters. The Bertz CT molecular complexity index is 525. The summed E-state index contributed by atoms with van der Waals surface area (Å²) < 4.78 is 2.78. The topological polar surface area (TPSA) is 50.9 Å². The first-order valence-corrected chi connectivity index (χ1v) is 6.15. The highest BCUT2D eigenvalue weighted by Crippen LogP contribution is 2.24. The third-order valence-corrected chi connectivity index (χ3v) is 3.88. The van der Waals surface area contributed by atoms with E-state index in [1.54, 1.807) is 17.8 Å². The van der Waals surface area contributed by atoms with Gasteiger partial charge in [-0.25, -0.2) is 4.68 Å². The molecule has 0 aliphatic carbocycles. The van der Waals surface area contributed by atoms with Crippen molar-refractivity contribution in [2.45, 2.75) is 26.9 Å². The molecule has 0 saturated carbocycles. The van der Waals surface area contributed by atoms with E-state index in [1.165, 1.54) is 0 Å². The van der Waals surface area contributed by atoms with E-state index in [4.69, 9.17) is 0 Å². The molecule has 1 aromatic carbocycles. The number of aliphatic hydroxyl groups is 1. The van der Waals surface area contributed by atoms with Gasteiger partial charge >= 0.3 is 0 Å². The maximum Gasteiger partial charge on any atom is 0.111 e. The number of hydrogen-bond acceptors (Lipinski definition) is 3. The summed E-state index contributed by atoms with van der Waals surface area (Å²) in [5.74, 6) is 0. The van der Waals surface area contributed by atoms with E-state index < -0.39 is 6.10 Å². The molecule has 2 aromatic rings. The second-order valence-corrected chi connectivity index (χ2v) is 4.95. The van der Waals surface area contributed by atoms with Crippen LogP contribution in [0.3, 0.4) is 0 Å². The van der Waals surface area contributed by atoms with Crippen LogP contribution in [0.2, 0.25) is 0 Å². The molecule has 1 heterocycles. The first kappa shape index (κ1) is 12.3. The van der Waals surface area contributed by atoms with Gasteiger partial charge in [-0.2, -0.15) is 0 Å². The standard InChI is InChI=1S/C12H14BrN3O/c1-7-4-10(5-8(2)12(7)13)16-6-11(9(3)17)14-15-16/h4-6,9,17H,1-3H3. The first-order valence-electron chi connectivity index (χ1n) is 5.36. The van der Waals surface area contributed by atoms with Crippen molar-refractivity contribution in [1.29, 1.82) is 0 Å². The third kappa shape index (κ3) is 2.40. The molecule has 0 aliphatic rings. The quantitative estimate of drug-likeness (QED) is 0.927. The van der Waals surface area contributed by atoms with E-state index in [2.05, 4.69) is 26.2 Å². The third-order valence-electron chi connectivity index (χ3n) is 2.62. The molecule has 1 N–H and O–H groups in total. The Kier molecular flexibility index (Phi) is 3.31. The molecule has 4 nitrogen and oxygen atoms in total. The zero-order valence-electron chi connectivity index (χ0n) is 9.98. The van der Waals surface area contributed by atoms with Gasteiger partial charge in [0.1, 0.15) is 5.69 Å². The Morgan fingerprint density at radius 2 is 1.88 bits per heavy atom. The van der Waals surface area contributed by atoms with E-state index in [1.807, 2.05) is 26.0 Å². The summed E-state index contributed by atoms with van der Waals surface area (Å²) in [6.07, 6.45) is 1.15. The minimum atomic E-state index is -0.596. The fourth-order valence-corrected chi connectivity index (χ4v) is 1.88. The largest absolute Gasteiger partial charge is 0.387 e. The summed E-state index contributed by atoms with van der Waals surface area (Å²) in [5, 5.41) is 17.3. The zero-order valence-corrected chi connectivity index (χ0v) is 11.6. The predicted octanol–water partition coefficient (Wildman–Crippen LogP) is 2.70. The predicted molar refractivity (Wildman–Crippen MR) is 69.2 cm³/mol. The molecule has 0 fully saturated rings. The molecule has 2 rings (SSSR count). The SMILES string of the molecule is Cc1cc(-n2cc(C(C)O)nn2)cc(C)c1Br. The lowest BCUT2D eigenvalue weighted by molar-refractivity contribution is 0.194. The number of rotatable bonds is 2. The number of hydrogen-bond donors (Lipinski definition) is 1. The summed E-state index contributed by atoms with van der Waals surface area (Å²) >= 11 is 3.53. The number of aliphatic hydroxyl groups excluding tert-OH is 1. The van der Waals surface area contributed by atoms with E-state index in [9.17, 15) is 5.11 Å². The number of aryl methyl sites for hydroxylation is 2. The van der Waals surface area contributed by atoms with Gasteiger partial charge in [0, 0.05) is 4.47 Å². The molecule has 0 amide bonds. The zero-order chi connectivity index (χ0) is 12.6. The van der Waals surface area contributed by atoms with Crippen molar-refractivity contribution in [3.8, 4) is 5.69 Å². The minimum absolute atomic E-state index is 0.572. The van der Waals surface area contributed by atoms with Crippen LogP contribution in [0.25, 0.3) is 5.69 Å². The fraction of sp³-hybridized carbons (Fsp3) is 0.333. The molecule has 0 spiro atoms. The van der Waals surface area contributed by atoms with Gasteiger partial charge in [0.2, 0.25) is 0 Å². The second kappa shape index (κ2) is 4.58. The average Bonchev–Trinajstić information content (AvgIpc) is 2.74. The van der Waals surface area contributed by atoms with Gasteiger partial charge in [0.25, 0.3) is 0 Å². The van der Waals surface area contributed by atoms with Crippen molar-refractivity contribution in [2.75, 3.05) is 0 Å². The molecule has 17 heavy (non-hydrogen) atoms. The molecular weight excluding hydrogens is 282 g/mol. The molecule has 1 atom stereocenters. The normalized spacial score (nSPS) is 12.8. The smallest absolute Gasteiger partial charge is 0.111 e. The van der Waals surface area contributed by atoms with E-state index in [0.29, 0.717) is 5.69 Å². The van der Waals surface area contributed by atoms with E-state index in [-0.39, 0.29) is 0 Å². The van der Waals surface area contributed by atoms with Crippen LogP contribution < -0.4 is 0 Å². The molecule has 0 radical (unpaired) electrons. The van der Waals surface area contributed by atoms with Crippen LogP contribution in [0, 0.1) is 13.8 Å². The number of aromatic nitrogens is 3. The number of nitrogens with zero attached hydrogens (tertiary/aromatic N) is 3. The van der Waals surface area contributed by atoms with E-state index in [0.717, 1.165) is 21.3 Å². The summed E-state index contributed by atoms with van der Waals surface area (Å²) in [6, 6.07) is 4.05. The van der Waals surface area contributed by atoms with Crippen molar-refractivity contribution >= 4 is 15.9 Å². The van der Waals surface area contributed by atoms with Crippen LogP contribution in [-0.4, -0.2) is 20.1 Å². The van der Waals surface area contributed by atoms with Crippen LogP contribution in [0.15, 0.2) is 22.8 Å². The van der Waals surface area contributed by atoms with Gasteiger partial charge in [-0.15, -0.1) is 5.10 Å². The number of benzene rings is 1. The molecule has 0 bridgehead atoms. The highest BCUT2D eigenvalue weighted by Gasteiger charge is 2.09. The van der Waals surface area contributed by atoms with Gasteiger partial charge in [-0.1, -0.05) is 21.1 Å². The lowest BCUT2D eigenvalue weighted by Crippen LogP contribution is -1.97. The van der Waals surface area contributed by atoms with Crippen LogP contribution in [0.1, 0.15) is 29.8 Å². The van der Waals surface area contributed by atoms with Gasteiger partial charge in [0.05, 0.1) is 18.0 Å².